The molecule has 0 aliphatic rings. The van der Waals surface area contributed by atoms with E-state index in [9.17, 15) is 4.39 Å². The highest BCUT2D eigenvalue weighted by atomic mass is 19.1. The van der Waals surface area contributed by atoms with E-state index in [1.165, 1.54) is 18.3 Å². The van der Waals surface area contributed by atoms with Crippen LogP contribution in [0.25, 0.3) is 17.2 Å². The number of rotatable bonds is 7. The van der Waals surface area contributed by atoms with Crippen molar-refractivity contribution in [1.29, 1.82) is 0 Å². The van der Waals surface area contributed by atoms with Crippen LogP contribution in [0, 0.1) is 5.82 Å². The van der Waals surface area contributed by atoms with Gasteiger partial charge in [-0.05, 0) is 42.8 Å². The summed E-state index contributed by atoms with van der Waals surface area (Å²) in [5.74, 6) is 1.07. The van der Waals surface area contributed by atoms with Crippen LogP contribution in [0.1, 0.15) is 24.2 Å². The van der Waals surface area contributed by atoms with Crippen LogP contribution in [-0.4, -0.2) is 31.7 Å². The second-order valence-electron chi connectivity index (χ2n) is 7.15. The maximum Gasteiger partial charge on any atom is 0.225 e. The molecule has 0 aliphatic carbocycles. The van der Waals surface area contributed by atoms with E-state index in [4.69, 9.17) is 11.5 Å². The maximum atomic E-state index is 13.5. The fraction of sp³-hybridized carbons (Fsp3) is 0.0870. The summed E-state index contributed by atoms with van der Waals surface area (Å²) in [5.41, 5.74) is 12.9. The fourth-order valence-corrected chi connectivity index (χ4v) is 3.16. The number of imidazole rings is 1. The fourth-order valence-electron chi connectivity index (χ4n) is 3.16. The number of nitrogens with one attached hydrogen (secondary N) is 1. The summed E-state index contributed by atoms with van der Waals surface area (Å²) in [4.78, 5) is 13.6. The van der Waals surface area contributed by atoms with Crippen molar-refractivity contribution in [2.45, 2.75) is 13.0 Å². The van der Waals surface area contributed by atoms with Crippen molar-refractivity contribution in [2.24, 2.45) is 21.7 Å². The minimum absolute atomic E-state index is 0.00286. The van der Waals surface area contributed by atoms with Gasteiger partial charge in [-0.1, -0.05) is 30.3 Å². The normalized spacial score (nSPS) is 11.9. The van der Waals surface area contributed by atoms with Crippen molar-refractivity contribution in [3.63, 3.8) is 0 Å². The summed E-state index contributed by atoms with van der Waals surface area (Å²) < 4.78 is 15.2. The lowest BCUT2D eigenvalue weighted by molar-refractivity contribution is 0.628. The van der Waals surface area contributed by atoms with Gasteiger partial charge in [0, 0.05) is 18.0 Å². The third-order valence-electron chi connectivity index (χ3n) is 4.72. The molecule has 166 valence electrons. The standard InChI is InChI=1S/C23H22FN9/c1-15(16-5-3-2-4-6-16)29-23-27-12-11-20(31-23)33-14-19(13-28-32-22(25)26)30-21(33)17-7-9-18(24)10-8-17/h2-15H,1H3,(H4,25,26,32)(H,27,29,31)/t15-/m0/s1. The van der Waals surface area contributed by atoms with Crippen LogP contribution in [0.4, 0.5) is 10.3 Å². The lowest BCUT2D eigenvalue weighted by Crippen LogP contribution is -2.21. The summed E-state index contributed by atoms with van der Waals surface area (Å²) in [6.07, 6.45) is 4.81. The number of nitrogens with zero attached hydrogens (tertiary/aromatic N) is 6. The van der Waals surface area contributed by atoms with Gasteiger partial charge in [0.1, 0.15) is 23.2 Å². The Kier molecular flexibility index (Phi) is 6.35. The number of halogens is 1. The average molecular weight is 443 g/mol. The molecule has 0 unspecified atom stereocenters. The van der Waals surface area contributed by atoms with Gasteiger partial charge in [-0.15, -0.1) is 5.10 Å². The van der Waals surface area contributed by atoms with E-state index >= 15 is 0 Å². The van der Waals surface area contributed by atoms with Gasteiger partial charge >= 0.3 is 0 Å². The number of nitrogens with two attached hydrogens (primary N) is 2. The summed E-state index contributed by atoms with van der Waals surface area (Å²) >= 11 is 0. The monoisotopic (exact) mass is 443 g/mol. The molecule has 0 saturated heterocycles. The van der Waals surface area contributed by atoms with Crippen LogP contribution >= 0.6 is 0 Å². The molecule has 0 amide bonds. The van der Waals surface area contributed by atoms with Crippen molar-refractivity contribution < 1.29 is 4.39 Å². The Balaban J connectivity index is 1.70. The zero-order chi connectivity index (χ0) is 23.2. The highest BCUT2D eigenvalue weighted by molar-refractivity contribution is 5.81. The van der Waals surface area contributed by atoms with Crippen molar-refractivity contribution in [1.82, 2.24) is 19.5 Å². The van der Waals surface area contributed by atoms with Gasteiger partial charge in [0.2, 0.25) is 11.9 Å². The molecule has 2 aromatic heterocycles. The van der Waals surface area contributed by atoms with Crippen molar-refractivity contribution in [3.8, 4) is 17.2 Å². The Hall–Kier alpha value is -4.60. The molecule has 33 heavy (non-hydrogen) atoms. The minimum atomic E-state index is -0.338. The Labute approximate surface area is 189 Å². The molecule has 2 aromatic carbocycles. The molecule has 2 heterocycles. The number of hydrogen-bond acceptors (Lipinski definition) is 6. The Morgan fingerprint density at radius 2 is 1.82 bits per heavy atom. The Morgan fingerprint density at radius 3 is 2.55 bits per heavy atom. The third-order valence-corrected chi connectivity index (χ3v) is 4.72. The summed E-state index contributed by atoms with van der Waals surface area (Å²) in [6, 6.07) is 17.8. The number of hydrogen-bond donors (Lipinski definition) is 3. The molecule has 10 heteroatoms. The first kappa shape index (κ1) is 21.6. The van der Waals surface area contributed by atoms with E-state index in [-0.39, 0.29) is 17.8 Å². The summed E-state index contributed by atoms with van der Waals surface area (Å²) in [5, 5.41) is 10.7. The summed E-state index contributed by atoms with van der Waals surface area (Å²) in [7, 11) is 0. The van der Waals surface area contributed by atoms with Gasteiger partial charge in [0.15, 0.2) is 0 Å². The first-order chi connectivity index (χ1) is 16.0. The highest BCUT2D eigenvalue weighted by Gasteiger charge is 2.14. The quantitative estimate of drug-likeness (QED) is 0.228. The van der Waals surface area contributed by atoms with Crippen molar-refractivity contribution >= 4 is 18.1 Å². The van der Waals surface area contributed by atoms with Crippen LogP contribution in [0.3, 0.4) is 0 Å². The SMILES string of the molecule is C[C@H](Nc1nccc(-n2cc(C=NN=C(N)N)nc2-c2ccc(F)cc2)n1)c1ccccc1. The minimum Gasteiger partial charge on any atom is -0.369 e. The van der Waals surface area contributed by atoms with Gasteiger partial charge in [0.25, 0.3) is 0 Å². The van der Waals surface area contributed by atoms with Gasteiger partial charge in [-0.3, -0.25) is 4.57 Å². The Bertz CT molecular complexity index is 1280. The van der Waals surface area contributed by atoms with E-state index in [0.29, 0.717) is 28.8 Å². The van der Waals surface area contributed by atoms with Crippen LogP contribution in [-0.2, 0) is 0 Å². The van der Waals surface area contributed by atoms with Crippen molar-refractivity contribution in [2.75, 3.05) is 5.32 Å². The number of guanidine groups is 1. The molecule has 0 radical (unpaired) electrons. The number of benzene rings is 2. The molecular formula is C23H22FN9. The van der Waals surface area contributed by atoms with E-state index in [0.717, 1.165) is 5.56 Å². The van der Waals surface area contributed by atoms with Gasteiger partial charge in [-0.25, -0.2) is 14.4 Å². The molecule has 0 fully saturated rings. The molecule has 1 atom stereocenters. The maximum absolute atomic E-state index is 13.5. The third kappa shape index (κ3) is 5.37. The molecule has 9 nitrogen and oxygen atoms in total. The lowest BCUT2D eigenvalue weighted by atomic mass is 10.1. The van der Waals surface area contributed by atoms with E-state index in [2.05, 4.69) is 30.5 Å². The van der Waals surface area contributed by atoms with Gasteiger partial charge in [0.05, 0.1) is 12.3 Å². The zero-order valence-electron chi connectivity index (χ0n) is 17.8. The van der Waals surface area contributed by atoms with E-state index < -0.39 is 0 Å². The van der Waals surface area contributed by atoms with Gasteiger partial charge < -0.3 is 16.8 Å². The molecule has 0 saturated carbocycles. The highest BCUT2D eigenvalue weighted by Crippen LogP contribution is 2.23. The Morgan fingerprint density at radius 1 is 1.06 bits per heavy atom. The predicted molar refractivity (Wildman–Crippen MR) is 126 cm³/mol. The smallest absolute Gasteiger partial charge is 0.225 e. The van der Waals surface area contributed by atoms with Crippen LogP contribution in [0.2, 0.25) is 0 Å². The molecule has 0 aliphatic heterocycles. The van der Waals surface area contributed by atoms with E-state index in [1.807, 2.05) is 37.3 Å². The number of aromatic nitrogens is 4. The summed E-state index contributed by atoms with van der Waals surface area (Å²) in [6.45, 7) is 2.03. The molecule has 4 rings (SSSR count). The first-order valence-corrected chi connectivity index (χ1v) is 10.1. The van der Waals surface area contributed by atoms with Crippen LogP contribution < -0.4 is 16.8 Å². The van der Waals surface area contributed by atoms with Gasteiger partial charge in [-0.2, -0.15) is 10.1 Å². The van der Waals surface area contributed by atoms with Crippen LogP contribution in [0.15, 0.2) is 83.3 Å². The van der Waals surface area contributed by atoms with Crippen LogP contribution in [0.5, 0.6) is 0 Å². The molecule has 5 N–H and O–H groups in total. The number of anilines is 1. The average Bonchev–Trinajstić information content (AvgIpc) is 3.24. The topological polar surface area (TPSA) is 132 Å². The molecule has 0 bridgehead atoms. The molecule has 4 aromatic rings. The predicted octanol–water partition coefficient (Wildman–Crippen LogP) is 3.25. The van der Waals surface area contributed by atoms with Crippen molar-refractivity contribution in [3.05, 3.63) is 90.1 Å². The zero-order valence-corrected chi connectivity index (χ0v) is 17.8. The first-order valence-electron chi connectivity index (χ1n) is 10.1. The lowest BCUT2D eigenvalue weighted by Gasteiger charge is -2.15. The largest absolute Gasteiger partial charge is 0.369 e. The molecular weight excluding hydrogens is 421 g/mol. The van der Waals surface area contributed by atoms with E-state index in [1.54, 1.807) is 35.2 Å². The second-order valence-corrected chi connectivity index (χ2v) is 7.15. The second kappa shape index (κ2) is 9.69. The molecule has 0 spiro atoms.